The van der Waals surface area contributed by atoms with E-state index < -0.39 is 39.7 Å². The number of benzene rings is 1. The maximum Gasteiger partial charge on any atom is 0.327 e. The van der Waals surface area contributed by atoms with Crippen LogP contribution in [-0.2, 0) is 14.4 Å². The summed E-state index contributed by atoms with van der Waals surface area (Å²) in [5.74, 6) is -1.94. The van der Waals surface area contributed by atoms with Crippen LogP contribution in [-0.4, -0.2) is 71.4 Å². The molecule has 4 rings (SSSR count). The number of carbonyl (C=O) groups is 3. The maximum absolute atomic E-state index is 13.2. The van der Waals surface area contributed by atoms with Gasteiger partial charge in [-0.25, -0.2) is 4.79 Å². The summed E-state index contributed by atoms with van der Waals surface area (Å²) >= 11 is 1.39. The highest BCUT2D eigenvalue weighted by molar-refractivity contribution is 8.01. The zero-order valence-corrected chi connectivity index (χ0v) is 16.7. The van der Waals surface area contributed by atoms with Gasteiger partial charge in [0.1, 0.15) is 34.6 Å². The number of carboxylic acid groups (broad SMARTS) is 1. The lowest BCUT2D eigenvalue weighted by atomic mass is 9.94. The number of phenols is 1. The molecule has 3 heterocycles. The van der Waals surface area contributed by atoms with Crippen molar-refractivity contribution in [2.24, 2.45) is 4.99 Å². The first-order chi connectivity index (χ1) is 13.0. The second-order valence-electron chi connectivity index (χ2n) is 8.19. The molecule has 0 radical (unpaired) electrons. The van der Waals surface area contributed by atoms with Gasteiger partial charge >= 0.3 is 5.97 Å². The molecule has 1 aromatic rings. The Labute approximate surface area is 166 Å². The number of hydrogen-bond donors (Lipinski definition) is 2. The molecule has 0 bridgehead atoms. The third-order valence-electron chi connectivity index (χ3n) is 5.48. The number of fused-ring (bicyclic) bond motifs is 1. The molecule has 3 aliphatic heterocycles. The third kappa shape index (κ3) is 2.38. The van der Waals surface area contributed by atoms with Gasteiger partial charge < -0.3 is 15.1 Å². The minimum atomic E-state index is -1.05. The van der Waals surface area contributed by atoms with E-state index in [1.165, 1.54) is 27.6 Å². The number of aromatic hydroxyl groups is 1. The summed E-state index contributed by atoms with van der Waals surface area (Å²) in [6, 6.07) is 4.70. The van der Waals surface area contributed by atoms with Crippen molar-refractivity contribution in [2.45, 2.75) is 55.6 Å². The molecule has 1 aromatic carbocycles. The van der Waals surface area contributed by atoms with Gasteiger partial charge in [0.05, 0.1) is 0 Å². The fourth-order valence-electron chi connectivity index (χ4n) is 4.28. The standard InChI is InChI=1S/C19H21N3O5S/c1-18(2)13(17(26)27)21-15(25)12(16(21)28-18)22-14(24)11(20-19(22,3)4)9-7-5-6-8-10(9)23/h5-8,12-13,16,23H,1-4H3,(H,26,27)/t12-,13+,16-/m1/s1. The van der Waals surface area contributed by atoms with E-state index in [4.69, 9.17) is 0 Å². The van der Waals surface area contributed by atoms with Crippen LogP contribution < -0.4 is 0 Å². The van der Waals surface area contributed by atoms with Crippen LogP contribution in [0.15, 0.2) is 29.3 Å². The lowest BCUT2D eigenvalue weighted by Crippen LogP contribution is -2.73. The largest absolute Gasteiger partial charge is 0.507 e. The first-order valence-electron chi connectivity index (χ1n) is 8.92. The van der Waals surface area contributed by atoms with Gasteiger partial charge in [-0.1, -0.05) is 12.1 Å². The van der Waals surface area contributed by atoms with Crippen molar-refractivity contribution >= 4 is 35.3 Å². The molecule has 2 N–H and O–H groups in total. The van der Waals surface area contributed by atoms with Crippen LogP contribution in [0.25, 0.3) is 0 Å². The highest BCUT2D eigenvalue weighted by Gasteiger charge is 2.68. The number of β-lactam (4-membered cyclic amide) rings is 1. The Hall–Kier alpha value is -2.55. The quantitative estimate of drug-likeness (QED) is 0.736. The third-order valence-corrected chi connectivity index (χ3v) is 7.04. The monoisotopic (exact) mass is 403 g/mol. The van der Waals surface area contributed by atoms with Crippen LogP contribution in [0, 0.1) is 0 Å². The van der Waals surface area contributed by atoms with Gasteiger partial charge in [0, 0.05) is 10.3 Å². The minimum absolute atomic E-state index is 0.0591. The Morgan fingerprint density at radius 3 is 2.43 bits per heavy atom. The van der Waals surface area contributed by atoms with Gasteiger partial charge in [0.25, 0.3) is 5.91 Å². The van der Waals surface area contributed by atoms with Crippen LogP contribution in [0.4, 0.5) is 0 Å². The highest BCUT2D eigenvalue weighted by atomic mass is 32.2. The molecule has 148 valence electrons. The van der Waals surface area contributed by atoms with Gasteiger partial charge in [0.15, 0.2) is 0 Å². The normalized spacial score (nSPS) is 30.1. The fraction of sp³-hybridized carbons (Fsp3) is 0.474. The zero-order chi connectivity index (χ0) is 20.6. The molecule has 2 fully saturated rings. The van der Waals surface area contributed by atoms with E-state index in [9.17, 15) is 24.6 Å². The number of aliphatic imine (C=N–C) groups is 1. The predicted molar refractivity (Wildman–Crippen MR) is 103 cm³/mol. The number of aliphatic carboxylic acids is 1. The topological polar surface area (TPSA) is 111 Å². The van der Waals surface area contributed by atoms with Crippen molar-refractivity contribution < 1.29 is 24.6 Å². The Morgan fingerprint density at radius 1 is 1.18 bits per heavy atom. The lowest BCUT2D eigenvalue weighted by molar-refractivity contribution is -0.170. The second-order valence-corrected chi connectivity index (χ2v) is 9.96. The average Bonchev–Trinajstić information content (AvgIpc) is 2.98. The average molecular weight is 403 g/mol. The van der Waals surface area contributed by atoms with Gasteiger partial charge in [-0.2, -0.15) is 0 Å². The molecule has 28 heavy (non-hydrogen) atoms. The summed E-state index contributed by atoms with van der Waals surface area (Å²) in [5.41, 5.74) is -0.575. The number of nitrogens with zero attached hydrogens (tertiary/aromatic N) is 3. The Bertz CT molecular complexity index is 941. The Morgan fingerprint density at radius 2 is 1.82 bits per heavy atom. The molecule has 2 amide bonds. The molecule has 0 unspecified atom stereocenters. The number of thioether (sulfide) groups is 1. The van der Waals surface area contributed by atoms with Crippen LogP contribution >= 0.6 is 11.8 Å². The van der Waals surface area contributed by atoms with Crippen molar-refractivity contribution in [1.29, 1.82) is 0 Å². The second kappa shape index (κ2) is 5.73. The van der Waals surface area contributed by atoms with E-state index in [1.807, 2.05) is 0 Å². The van der Waals surface area contributed by atoms with E-state index >= 15 is 0 Å². The number of carboxylic acids is 1. The first kappa shape index (κ1) is 18.8. The van der Waals surface area contributed by atoms with Gasteiger partial charge in [-0.3, -0.25) is 19.5 Å². The van der Waals surface area contributed by atoms with Crippen LogP contribution in [0.5, 0.6) is 5.75 Å². The summed E-state index contributed by atoms with van der Waals surface area (Å²) < 4.78 is -0.671. The predicted octanol–water partition coefficient (Wildman–Crippen LogP) is 1.28. The lowest BCUT2D eigenvalue weighted by Gasteiger charge is -2.50. The molecule has 0 aliphatic carbocycles. The molecule has 2 saturated heterocycles. The first-order valence-corrected chi connectivity index (χ1v) is 9.80. The van der Waals surface area contributed by atoms with Gasteiger partial charge in [0.2, 0.25) is 5.91 Å². The smallest absolute Gasteiger partial charge is 0.327 e. The highest BCUT2D eigenvalue weighted by Crippen LogP contribution is 2.53. The molecule has 0 spiro atoms. The number of hydrogen-bond acceptors (Lipinski definition) is 6. The van der Waals surface area contributed by atoms with Crippen molar-refractivity contribution in [3.8, 4) is 5.75 Å². The van der Waals surface area contributed by atoms with E-state index in [0.29, 0.717) is 5.56 Å². The van der Waals surface area contributed by atoms with Gasteiger partial charge in [-0.05, 0) is 39.8 Å². The molecule has 9 heteroatoms. The molecule has 3 atom stereocenters. The number of rotatable bonds is 3. The van der Waals surface area contributed by atoms with E-state index in [1.54, 1.807) is 45.9 Å². The Kier molecular flexibility index (Phi) is 3.85. The van der Waals surface area contributed by atoms with Crippen LogP contribution in [0.2, 0.25) is 0 Å². The fourth-order valence-corrected chi connectivity index (χ4v) is 5.96. The molecular formula is C19H21N3O5S. The molecule has 3 aliphatic rings. The van der Waals surface area contributed by atoms with Crippen molar-refractivity contribution in [3.05, 3.63) is 29.8 Å². The van der Waals surface area contributed by atoms with E-state index in [-0.39, 0.29) is 17.4 Å². The summed E-state index contributed by atoms with van der Waals surface area (Å²) in [6.07, 6.45) is 0. The summed E-state index contributed by atoms with van der Waals surface area (Å²) in [7, 11) is 0. The minimum Gasteiger partial charge on any atom is -0.507 e. The van der Waals surface area contributed by atoms with Crippen LogP contribution in [0.3, 0.4) is 0 Å². The SMILES string of the molecule is CC1(C)S[C@@H]2[C@H](N3C(=O)C(c4ccccc4O)=NC3(C)C)C(=O)N2[C@H]1C(=O)O. The van der Waals surface area contributed by atoms with Gasteiger partial charge in [-0.15, -0.1) is 11.8 Å². The maximum atomic E-state index is 13.2. The number of para-hydroxylation sites is 1. The molecule has 0 saturated carbocycles. The zero-order valence-electron chi connectivity index (χ0n) is 15.9. The van der Waals surface area contributed by atoms with Crippen molar-refractivity contribution in [1.82, 2.24) is 9.80 Å². The number of carbonyl (C=O) groups excluding carboxylic acids is 2. The molecular weight excluding hydrogens is 382 g/mol. The van der Waals surface area contributed by atoms with E-state index in [2.05, 4.69) is 4.99 Å². The molecule has 0 aromatic heterocycles. The van der Waals surface area contributed by atoms with Crippen molar-refractivity contribution in [3.63, 3.8) is 0 Å². The van der Waals surface area contributed by atoms with Crippen molar-refractivity contribution in [2.75, 3.05) is 0 Å². The molecule has 8 nitrogen and oxygen atoms in total. The Balaban J connectivity index is 1.69. The summed E-state index contributed by atoms with van der Waals surface area (Å²) in [4.78, 5) is 45.1. The summed E-state index contributed by atoms with van der Waals surface area (Å²) in [5, 5.41) is 19.3. The van der Waals surface area contributed by atoms with E-state index in [0.717, 1.165) is 0 Å². The van der Waals surface area contributed by atoms with Crippen LogP contribution in [0.1, 0.15) is 33.3 Å². The summed E-state index contributed by atoms with van der Waals surface area (Å²) in [6.45, 7) is 7.04. The number of amides is 2. The number of phenolic OH excluding ortho intramolecular Hbond substituents is 1.